The van der Waals surface area contributed by atoms with Gasteiger partial charge in [-0.05, 0) is 37.9 Å². The topological polar surface area (TPSA) is 91.2 Å². The maximum Gasteiger partial charge on any atom is 0.270 e. The molecule has 3 N–H and O–H groups in total. The van der Waals surface area contributed by atoms with Gasteiger partial charge in [-0.25, -0.2) is 0 Å². The van der Waals surface area contributed by atoms with Gasteiger partial charge in [-0.2, -0.15) is 0 Å². The van der Waals surface area contributed by atoms with Crippen LogP contribution in [0.1, 0.15) is 24.5 Å². The molecule has 1 aromatic heterocycles. The molecule has 1 saturated heterocycles. The summed E-state index contributed by atoms with van der Waals surface area (Å²) in [6.45, 7) is 1.81. The van der Waals surface area contributed by atoms with Crippen molar-refractivity contribution in [3.63, 3.8) is 0 Å². The number of non-ortho nitro benzene ring substituents is 1. The Kier molecular flexibility index (Phi) is 3.42. The third-order valence-electron chi connectivity index (χ3n) is 4.06. The highest BCUT2D eigenvalue weighted by Crippen LogP contribution is 2.34. The average Bonchev–Trinajstić information content (AvgIpc) is 2.90. The number of nitro groups is 1. The molecule has 1 fully saturated rings. The number of piperidine rings is 1. The third-order valence-corrected chi connectivity index (χ3v) is 4.06. The Morgan fingerprint density at radius 1 is 1.35 bits per heavy atom. The van der Waals surface area contributed by atoms with Crippen molar-refractivity contribution in [3.05, 3.63) is 40.1 Å². The molecule has 20 heavy (non-hydrogen) atoms. The number of aliphatic hydroxyl groups is 1. The minimum atomic E-state index is -0.576. The summed E-state index contributed by atoms with van der Waals surface area (Å²) in [5.74, 6) is 0.203. The number of rotatable bonds is 3. The first kappa shape index (κ1) is 13.1. The van der Waals surface area contributed by atoms with Crippen molar-refractivity contribution in [1.82, 2.24) is 10.3 Å². The molecule has 0 saturated carbocycles. The highest BCUT2D eigenvalue weighted by Gasteiger charge is 2.25. The van der Waals surface area contributed by atoms with E-state index in [4.69, 9.17) is 0 Å². The summed E-state index contributed by atoms with van der Waals surface area (Å²) in [5.41, 5.74) is 1.63. The van der Waals surface area contributed by atoms with Crippen LogP contribution in [0, 0.1) is 16.0 Å². The molecule has 1 aliphatic rings. The molecule has 6 heteroatoms. The zero-order valence-corrected chi connectivity index (χ0v) is 11.0. The molecule has 3 rings (SSSR count). The molecule has 1 atom stereocenters. The van der Waals surface area contributed by atoms with Gasteiger partial charge in [-0.1, -0.05) is 0 Å². The molecule has 1 aromatic carbocycles. The molecule has 1 aliphatic heterocycles. The molecule has 106 valence electrons. The van der Waals surface area contributed by atoms with Crippen LogP contribution in [-0.4, -0.2) is 28.1 Å². The van der Waals surface area contributed by atoms with E-state index >= 15 is 0 Å². The van der Waals surface area contributed by atoms with Crippen LogP contribution in [-0.2, 0) is 0 Å². The van der Waals surface area contributed by atoms with E-state index in [0.717, 1.165) is 42.4 Å². The Morgan fingerprint density at radius 3 is 2.80 bits per heavy atom. The number of benzene rings is 1. The minimum Gasteiger partial charge on any atom is -0.388 e. The van der Waals surface area contributed by atoms with Gasteiger partial charge < -0.3 is 15.4 Å². The molecule has 0 spiro atoms. The average molecular weight is 275 g/mol. The van der Waals surface area contributed by atoms with Gasteiger partial charge in [-0.15, -0.1) is 0 Å². The smallest absolute Gasteiger partial charge is 0.270 e. The molecule has 2 aromatic rings. The van der Waals surface area contributed by atoms with E-state index in [1.807, 2.05) is 0 Å². The maximum absolute atomic E-state index is 10.9. The van der Waals surface area contributed by atoms with Gasteiger partial charge in [0.15, 0.2) is 0 Å². The SMILES string of the molecule is O=[N+]([O-])c1ccc2[nH]cc(C(O)C3CCNCC3)c2c1. The Hall–Kier alpha value is -1.92. The first-order valence-electron chi connectivity index (χ1n) is 6.81. The summed E-state index contributed by atoms with van der Waals surface area (Å²) in [6.07, 6.45) is 3.03. The van der Waals surface area contributed by atoms with Crippen LogP contribution >= 0.6 is 0 Å². The van der Waals surface area contributed by atoms with Gasteiger partial charge in [0, 0.05) is 34.8 Å². The van der Waals surface area contributed by atoms with E-state index in [1.54, 1.807) is 12.3 Å². The summed E-state index contributed by atoms with van der Waals surface area (Å²) < 4.78 is 0. The lowest BCUT2D eigenvalue weighted by atomic mass is 9.88. The van der Waals surface area contributed by atoms with Crippen molar-refractivity contribution in [2.75, 3.05) is 13.1 Å². The van der Waals surface area contributed by atoms with Crippen molar-refractivity contribution in [2.24, 2.45) is 5.92 Å². The molecule has 0 bridgehead atoms. The molecule has 6 nitrogen and oxygen atoms in total. The molecule has 2 heterocycles. The van der Waals surface area contributed by atoms with E-state index in [2.05, 4.69) is 10.3 Å². The fourth-order valence-electron chi connectivity index (χ4n) is 2.90. The summed E-state index contributed by atoms with van der Waals surface area (Å²) in [7, 11) is 0. The van der Waals surface area contributed by atoms with Crippen LogP contribution in [0.3, 0.4) is 0 Å². The summed E-state index contributed by atoms with van der Waals surface area (Å²) in [5, 5.41) is 25.4. The van der Waals surface area contributed by atoms with E-state index in [-0.39, 0.29) is 11.6 Å². The minimum absolute atomic E-state index is 0.0517. The second-order valence-corrected chi connectivity index (χ2v) is 5.26. The quantitative estimate of drug-likeness (QED) is 0.591. The monoisotopic (exact) mass is 275 g/mol. The van der Waals surface area contributed by atoms with Crippen molar-refractivity contribution in [2.45, 2.75) is 18.9 Å². The normalized spacial score (nSPS) is 18.2. The number of aliphatic hydroxyl groups excluding tert-OH is 1. The van der Waals surface area contributed by atoms with Crippen LogP contribution in [0.5, 0.6) is 0 Å². The molecule has 0 amide bonds. The first-order chi connectivity index (χ1) is 9.66. The van der Waals surface area contributed by atoms with Crippen molar-refractivity contribution >= 4 is 16.6 Å². The van der Waals surface area contributed by atoms with Crippen LogP contribution in [0.4, 0.5) is 5.69 Å². The van der Waals surface area contributed by atoms with Crippen LogP contribution in [0.2, 0.25) is 0 Å². The standard InChI is InChI=1S/C14H17N3O3/c18-14(9-3-5-15-6-4-9)12-8-16-13-2-1-10(17(19)20)7-11(12)13/h1-2,7-9,14-16,18H,3-6H2. The summed E-state index contributed by atoms with van der Waals surface area (Å²) >= 11 is 0. The number of aromatic amines is 1. The molecule has 0 radical (unpaired) electrons. The number of hydrogen-bond acceptors (Lipinski definition) is 4. The van der Waals surface area contributed by atoms with Crippen LogP contribution in [0.15, 0.2) is 24.4 Å². The maximum atomic E-state index is 10.9. The van der Waals surface area contributed by atoms with Gasteiger partial charge in [0.2, 0.25) is 0 Å². The van der Waals surface area contributed by atoms with Gasteiger partial charge in [0.25, 0.3) is 5.69 Å². The van der Waals surface area contributed by atoms with E-state index in [1.165, 1.54) is 12.1 Å². The Balaban J connectivity index is 1.97. The first-order valence-corrected chi connectivity index (χ1v) is 6.81. The number of nitrogens with zero attached hydrogens (tertiary/aromatic N) is 1. The predicted octanol–water partition coefficient (Wildman–Crippen LogP) is 2.11. The zero-order valence-electron chi connectivity index (χ0n) is 11.0. The van der Waals surface area contributed by atoms with Gasteiger partial charge in [-0.3, -0.25) is 10.1 Å². The largest absolute Gasteiger partial charge is 0.388 e. The van der Waals surface area contributed by atoms with Crippen molar-refractivity contribution in [3.8, 4) is 0 Å². The van der Waals surface area contributed by atoms with E-state index < -0.39 is 11.0 Å². The highest BCUT2D eigenvalue weighted by atomic mass is 16.6. The molecular weight excluding hydrogens is 258 g/mol. The fraction of sp³-hybridized carbons (Fsp3) is 0.429. The lowest BCUT2D eigenvalue weighted by Crippen LogP contribution is -2.30. The molecule has 1 unspecified atom stereocenters. The van der Waals surface area contributed by atoms with Crippen LogP contribution in [0.25, 0.3) is 10.9 Å². The highest BCUT2D eigenvalue weighted by molar-refractivity contribution is 5.85. The summed E-state index contributed by atoms with van der Waals surface area (Å²) in [6, 6.07) is 4.69. The third kappa shape index (κ3) is 2.28. The zero-order chi connectivity index (χ0) is 14.1. The number of hydrogen-bond donors (Lipinski definition) is 3. The van der Waals surface area contributed by atoms with Gasteiger partial charge in [0.05, 0.1) is 11.0 Å². The predicted molar refractivity (Wildman–Crippen MR) is 75.5 cm³/mol. The lowest BCUT2D eigenvalue weighted by Gasteiger charge is -2.27. The number of fused-ring (bicyclic) bond motifs is 1. The second-order valence-electron chi connectivity index (χ2n) is 5.26. The number of nitro benzene ring substituents is 1. The number of nitrogens with one attached hydrogen (secondary N) is 2. The number of aromatic nitrogens is 1. The van der Waals surface area contributed by atoms with Gasteiger partial charge in [0.1, 0.15) is 0 Å². The van der Waals surface area contributed by atoms with E-state index in [0.29, 0.717) is 0 Å². The fourth-order valence-corrected chi connectivity index (χ4v) is 2.90. The van der Waals surface area contributed by atoms with Gasteiger partial charge >= 0.3 is 0 Å². The lowest BCUT2D eigenvalue weighted by molar-refractivity contribution is -0.384. The molecule has 0 aliphatic carbocycles. The van der Waals surface area contributed by atoms with E-state index in [9.17, 15) is 15.2 Å². The Labute approximate surface area is 116 Å². The molecular formula is C14H17N3O3. The second kappa shape index (κ2) is 5.22. The summed E-state index contributed by atoms with van der Waals surface area (Å²) in [4.78, 5) is 13.5. The Morgan fingerprint density at radius 2 is 2.10 bits per heavy atom. The Bertz CT molecular complexity index is 632. The number of H-pyrrole nitrogens is 1. The van der Waals surface area contributed by atoms with Crippen LogP contribution < -0.4 is 5.32 Å². The van der Waals surface area contributed by atoms with Crippen molar-refractivity contribution < 1.29 is 10.0 Å². The van der Waals surface area contributed by atoms with Crippen molar-refractivity contribution in [1.29, 1.82) is 0 Å².